The highest BCUT2D eigenvalue weighted by atomic mass is 32.2. The van der Waals surface area contributed by atoms with Gasteiger partial charge >= 0.3 is 24.2 Å². The van der Waals surface area contributed by atoms with Crippen LogP contribution >= 0.6 is 0 Å². The molecule has 2 aromatic carbocycles. The average molecular weight is 661 g/mol. The van der Waals surface area contributed by atoms with E-state index in [2.05, 4.69) is 15.4 Å². The number of alkyl carbamates (subject to hydrolysis) is 1. The van der Waals surface area contributed by atoms with Gasteiger partial charge < -0.3 is 30.6 Å². The molecule has 0 saturated carbocycles. The Bertz CT molecular complexity index is 1430. The molecule has 2 rings (SSSR count). The maximum atomic E-state index is 13.1. The fourth-order valence-corrected chi connectivity index (χ4v) is 5.61. The van der Waals surface area contributed by atoms with Gasteiger partial charge in [-0.05, 0) is 56.0 Å². The Morgan fingerprint density at radius 3 is 2.16 bits per heavy atom. The van der Waals surface area contributed by atoms with Gasteiger partial charge in [-0.25, -0.2) is 22.8 Å². The number of carbonyl (C=O) groups excluding carboxylic acids is 4. The van der Waals surface area contributed by atoms with Crippen LogP contribution in [0.5, 0.6) is 5.75 Å². The first-order valence-electron chi connectivity index (χ1n) is 13.6. The van der Waals surface area contributed by atoms with E-state index in [1.807, 2.05) is 35.1 Å². The number of sulfonamides is 1. The van der Waals surface area contributed by atoms with Crippen LogP contribution in [0, 0.1) is 13.8 Å². The van der Waals surface area contributed by atoms with Gasteiger partial charge in [0.2, 0.25) is 15.9 Å². The molecule has 0 aliphatic carbocycles. The summed E-state index contributed by atoms with van der Waals surface area (Å²) in [6.45, 7) is 4.57. The second-order valence-corrected chi connectivity index (χ2v) is 11.5. The molecule has 0 spiro atoms. The van der Waals surface area contributed by atoms with Crippen molar-refractivity contribution in [1.82, 2.24) is 15.4 Å². The summed E-state index contributed by atoms with van der Waals surface area (Å²) < 4.78 is 79.9. The Balaban J connectivity index is 1.82. The van der Waals surface area contributed by atoms with Gasteiger partial charge in [-0.15, -0.1) is 0 Å². The van der Waals surface area contributed by atoms with Crippen LogP contribution in [0.3, 0.4) is 0 Å². The second-order valence-electron chi connectivity index (χ2n) is 9.84. The Morgan fingerprint density at radius 2 is 1.58 bits per heavy atom. The van der Waals surface area contributed by atoms with Crippen LogP contribution in [-0.2, 0) is 40.5 Å². The Kier molecular flexibility index (Phi) is 13.8. The van der Waals surface area contributed by atoms with Crippen molar-refractivity contribution in [2.24, 2.45) is 5.73 Å². The molecule has 13 nitrogen and oxygen atoms in total. The third kappa shape index (κ3) is 12.4. The SMILES string of the molecule is Cc1cc(OCCCC(=O)NCCNC(=O)OCc2ccccc2)cc(C)c1S(=O)(=O)N[C@H](C(=O)OC(=O)C(F)(F)F)C(C)N. The van der Waals surface area contributed by atoms with E-state index in [0.29, 0.717) is 6.42 Å². The van der Waals surface area contributed by atoms with Gasteiger partial charge in [-0.1, -0.05) is 30.3 Å². The maximum absolute atomic E-state index is 13.1. The third-order valence-corrected chi connectivity index (χ3v) is 7.68. The summed E-state index contributed by atoms with van der Waals surface area (Å²) in [4.78, 5) is 46.7. The van der Waals surface area contributed by atoms with Gasteiger partial charge in [-0.3, -0.25) is 4.79 Å². The summed E-state index contributed by atoms with van der Waals surface area (Å²) in [6.07, 6.45) is -5.66. The number of amides is 2. The van der Waals surface area contributed by atoms with Gasteiger partial charge in [0.15, 0.2) is 0 Å². The van der Waals surface area contributed by atoms with Crippen LogP contribution in [0.4, 0.5) is 18.0 Å². The van der Waals surface area contributed by atoms with Crippen LogP contribution in [0.1, 0.15) is 36.5 Å². The zero-order valence-corrected chi connectivity index (χ0v) is 25.5. The van der Waals surface area contributed by atoms with Crippen molar-refractivity contribution in [1.29, 1.82) is 0 Å². The maximum Gasteiger partial charge on any atom is 0.491 e. The molecular weight excluding hydrogens is 625 g/mol. The molecule has 2 atom stereocenters. The standard InChI is InChI=1S/C28H35F3N4O9S/c1-17-14-21(42-13-7-10-22(36)33-11-12-34-27(39)43-16-20-8-5-4-6-9-20)15-18(2)24(17)45(40,41)35-23(19(3)32)25(37)44-26(38)28(29,30)31/h4-6,8-9,14-15,19,23,35H,7,10-13,16,32H2,1-3H3,(H,33,36)(H,34,39)/t19?,23-/m0/s1. The molecule has 1 unspecified atom stereocenters. The van der Waals surface area contributed by atoms with E-state index < -0.39 is 46.3 Å². The molecular formula is C28H35F3N4O9S. The number of halogens is 3. The monoisotopic (exact) mass is 660 g/mol. The van der Waals surface area contributed by atoms with Crippen molar-refractivity contribution < 1.29 is 55.0 Å². The number of ether oxygens (including phenoxy) is 3. The largest absolute Gasteiger partial charge is 0.494 e. The molecule has 0 saturated heterocycles. The lowest BCUT2D eigenvalue weighted by Crippen LogP contribution is -2.52. The van der Waals surface area contributed by atoms with E-state index in [1.54, 1.807) is 0 Å². The number of hydrogen-bond acceptors (Lipinski definition) is 10. The molecule has 45 heavy (non-hydrogen) atoms. The fraction of sp³-hybridized carbons (Fsp3) is 0.429. The van der Waals surface area contributed by atoms with Crippen molar-refractivity contribution >= 4 is 34.0 Å². The quantitative estimate of drug-likeness (QED) is 0.125. The number of alkyl halides is 3. The first-order valence-corrected chi connectivity index (χ1v) is 15.1. The van der Waals surface area contributed by atoms with E-state index in [1.165, 1.54) is 26.0 Å². The Morgan fingerprint density at radius 1 is 0.978 bits per heavy atom. The van der Waals surface area contributed by atoms with Gasteiger partial charge in [0.1, 0.15) is 18.4 Å². The topological polar surface area (TPSA) is 192 Å². The minimum Gasteiger partial charge on any atom is -0.494 e. The number of hydrogen-bond donors (Lipinski definition) is 4. The average Bonchev–Trinajstić information content (AvgIpc) is 2.94. The number of rotatable bonds is 15. The molecule has 17 heteroatoms. The summed E-state index contributed by atoms with van der Waals surface area (Å²) in [6, 6.07) is 8.56. The molecule has 0 bridgehead atoms. The third-order valence-electron chi connectivity index (χ3n) is 5.94. The first-order chi connectivity index (χ1) is 21.0. The number of benzene rings is 2. The predicted octanol–water partition coefficient (Wildman–Crippen LogP) is 2.13. The van der Waals surface area contributed by atoms with Crippen LogP contribution in [0.15, 0.2) is 47.4 Å². The van der Waals surface area contributed by atoms with Gasteiger partial charge in [0.25, 0.3) is 0 Å². The smallest absolute Gasteiger partial charge is 0.491 e. The molecule has 248 valence electrons. The zero-order chi connectivity index (χ0) is 33.8. The number of nitrogens with two attached hydrogens (primary N) is 1. The number of nitrogens with one attached hydrogen (secondary N) is 3. The van der Waals surface area contributed by atoms with E-state index in [4.69, 9.17) is 15.2 Å². The summed E-state index contributed by atoms with van der Waals surface area (Å²) in [5, 5.41) is 5.17. The van der Waals surface area contributed by atoms with Crippen molar-refractivity contribution in [3.8, 4) is 5.75 Å². The molecule has 5 N–H and O–H groups in total. The number of carbonyl (C=O) groups is 4. The van der Waals surface area contributed by atoms with E-state index in [9.17, 15) is 40.8 Å². The van der Waals surface area contributed by atoms with Crippen LogP contribution in [0.25, 0.3) is 0 Å². The highest BCUT2D eigenvalue weighted by molar-refractivity contribution is 7.89. The van der Waals surface area contributed by atoms with E-state index in [0.717, 1.165) is 12.5 Å². The minimum absolute atomic E-state index is 0.104. The molecule has 2 aromatic rings. The molecule has 0 fully saturated rings. The Hall–Kier alpha value is -4.22. The summed E-state index contributed by atoms with van der Waals surface area (Å²) in [5.74, 6) is -4.62. The minimum atomic E-state index is -5.47. The second kappa shape index (κ2) is 16.7. The van der Waals surface area contributed by atoms with Crippen LogP contribution in [-0.4, -0.2) is 70.3 Å². The van der Waals surface area contributed by atoms with Crippen molar-refractivity contribution in [3.05, 3.63) is 59.2 Å². The summed E-state index contributed by atoms with van der Waals surface area (Å²) in [7, 11) is -4.53. The summed E-state index contributed by atoms with van der Waals surface area (Å²) in [5.41, 5.74) is 6.77. The first kappa shape index (κ1) is 37.0. The molecule has 0 aromatic heterocycles. The zero-order valence-electron chi connectivity index (χ0n) is 24.7. The molecule has 0 heterocycles. The predicted molar refractivity (Wildman–Crippen MR) is 153 cm³/mol. The number of esters is 2. The van der Waals surface area contributed by atoms with Crippen LogP contribution in [0.2, 0.25) is 0 Å². The highest BCUT2D eigenvalue weighted by Crippen LogP contribution is 2.26. The fourth-order valence-electron chi connectivity index (χ4n) is 3.88. The highest BCUT2D eigenvalue weighted by Gasteiger charge is 2.44. The van der Waals surface area contributed by atoms with Gasteiger partial charge in [0, 0.05) is 25.6 Å². The van der Waals surface area contributed by atoms with E-state index in [-0.39, 0.29) is 60.4 Å². The lowest BCUT2D eigenvalue weighted by Gasteiger charge is -2.22. The van der Waals surface area contributed by atoms with Crippen molar-refractivity contribution in [2.45, 2.75) is 63.4 Å². The van der Waals surface area contributed by atoms with Crippen molar-refractivity contribution in [3.63, 3.8) is 0 Å². The Labute approximate surface area is 258 Å². The summed E-state index contributed by atoms with van der Waals surface area (Å²) >= 11 is 0. The molecule has 0 aliphatic rings. The van der Waals surface area contributed by atoms with E-state index >= 15 is 0 Å². The van der Waals surface area contributed by atoms with Gasteiger partial charge in [-0.2, -0.15) is 17.9 Å². The molecule has 0 aliphatic heterocycles. The van der Waals surface area contributed by atoms with Crippen molar-refractivity contribution in [2.75, 3.05) is 19.7 Å². The van der Waals surface area contributed by atoms with Crippen LogP contribution < -0.4 is 25.8 Å². The lowest BCUT2D eigenvalue weighted by atomic mass is 10.1. The lowest BCUT2D eigenvalue weighted by molar-refractivity contribution is -0.202. The molecule has 2 amide bonds. The number of aryl methyl sites for hydroxylation is 2. The molecule has 0 radical (unpaired) electrons. The normalized spacial score (nSPS) is 12.9. The van der Waals surface area contributed by atoms with Gasteiger partial charge in [0.05, 0.1) is 11.5 Å².